The number of ketones is 1. The van der Waals surface area contributed by atoms with Crippen molar-refractivity contribution in [1.82, 2.24) is 0 Å². The summed E-state index contributed by atoms with van der Waals surface area (Å²) in [6.07, 6.45) is 5.01. The van der Waals surface area contributed by atoms with Crippen molar-refractivity contribution < 1.29 is 9.53 Å². The van der Waals surface area contributed by atoms with Crippen LogP contribution in [-0.4, -0.2) is 19.4 Å². The highest BCUT2D eigenvalue weighted by molar-refractivity contribution is 8.03. The summed E-state index contributed by atoms with van der Waals surface area (Å²) in [5.41, 5.74) is 1.10. The largest absolute Gasteiger partial charge is 0.497 e. The number of allylic oxidation sites excluding steroid dienone is 3. The van der Waals surface area contributed by atoms with Crippen LogP contribution in [0.4, 0.5) is 5.69 Å². The summed E-state index contributed by atoms with van der Waals surface area (Å²) < 4.78 is 5.25. The van der Waals surface area contributed by atoms with Crippen molar-refractivity contribution in [2.24, 2.45) is 0 Å². The van der Waals surface area contributed by atoms with Gasteiger partial charge in [0, 0.05) is 23.6 Å². The van der Waals surface area contributed by atoms with Crippen LogP contribution >= 0.6 is 11.8 Å². The zero-order valence-corrected chi connectivity index (χ0v) is 12.2. The lowest BCUT2D eigenvalue weighted by molar-refractivity contribution is -0.110. The molecule has 0 fully saturated rings. The number of methoxy groups -OCH3 is 1. The molecule has 1 aromatic carbocycles. The number of carbonyl (C=O) groups is 1. The maximum absolute atomic E-state index is 11.7. The van der Waals surface area contributed by atoms with Crippen molar-refractivity contribution in [3.05, 3.63) is 41.5 Å². The molecule has 1 aliphatic heterocycles. The van der Waals surface area contributed by atoms with Crippen LogP contribution in [0.3, 0.4) is 0 Å². The maximum Gasteiger partial charge on any atom is 0.180 e. The first kappa shape index (κ1) is 13.7. The molecule has 0 N–H and O–H groups in total. The fourth-order valence-electron chi connectivity index (χ4n) is 1.98. The van der Waals surface area contributed by atoms with Gasteiger partial charge in [0.25, 0.3) is 0 Å². The molecule has 1 heterocycles. The third-order valence-corrected chi connectivity index (χ3v) is 3.96. The zero-order valence-electron chi connectivity index (χ0n) is 11.3. The molecule has 4 heteroatoms. The first-order chi connectivity index (χ1) is 9.19. The van der Waals surface area contributed by atoms with Crippen molar-refractivity contribution in [1.29, 1.82) is 0 Å². The lowest BCUT2D eigenvalue weighted by atomic mass is 10.2. The fraction of sp³-hybridized carbons (Fsp3) is 0.267. The van der Waals surface area contributed by atoms with Gasteiger partial charge in [0.1, 0.15) is 5.75 Å². The van der Waals surface area contributed by atoms with E-state index < -0.39 is 0 Å². The predicted molar refractivity (Wildman–Crippen MR) is 79.8 cm³/mol. The lowest BCUT2D eigenvalue weighted by Gasteiger charge is -2.18. The van der Waals surface area contributed by atoms with Crippen LogP contribution in [0.1, 0.15) is 13.8 Å². The number of ether oxygens (including phenoxy) is 1. The molecule has 100 valence electrons. The van der Waals surface area contributed by atoms with Gasteiger partial charge < -0.3 is 9.64 Å². The van der Waals surface area contributed by atoms with Gasteiger partial charge in [0.05, 0.1) is 17.8 Å². The molecule has 0 bridgehead atoms. The number of benzene rings is 1. The second-order valence-corrected chi connectivity index (χ2v) is 5.13. The van der Waals surface area contributed by atoms with Gasteiger partial charge in [-0.05, 0) is 32.1 Å². The standard InChI is InChI=1S/C15H17NO2S/c1-4-6-11(17)9-15-16(5-2)13-10-12(18-3)7-8-14(13)19-15/h4,6-10H,5H2,1-3H3. The van der Waals surface area contributed by atoms with Gasteiger partial charge in [-0.3, -0.25) is 4.79 Å². The lowest BCUT2D eigenvalue weighted by Crippen LogP contribution is -2.17. The van der Waals surface area contributed by atoms with E-state index in [-0.39, 0.29) is 5.78 Å². The van der Waals surface area contributed by atoms with E-state index in [1.54, 1.807) is 37.1 Å². The van der Waals surface area contributed by atoms with Crippen molar-refractivity contribution in [3.63, 3.8) is 0 Å². The minimum Gasteiger partial charge on any atom is -0.497 e. The second kappa shape index (κ2) is 5.97. The number of hydrogen-bond acceptors (Lipinski definition) is 4. The first-order valence-electron chi connectivity index (χ1n) is 6.21. The number of carbonyl (C=O) groups excluding carboxylic acids is 1. The van der Waals surface area contributed by atoms with Gasteiger partial charge in [-0.15, -0.1) is 0 Å². The van der Waals surface area contributed by atoms with Crippen LogP contribution in [0.25, 0.3) is 0 Å². The molecule has 0 aromatic heterocycles. The van der Waals surface area contributed by atoms with Crippen LogP contribution in [0.5, 0.6) is 5.75 Å². The van der Waals surface area contributed by atoms with E-state index in [0.29, 0.717) is 0 Å². The van der Waals surface area contributed by atoms with Crippen LogP contribution in [0, 0.1) is 0 Å². The van der Waals surface area contributed by atoms with Crippen molar-refractivity contribution in [2.45, 2.75) is 18.7 Å². The monoisotopic (exact) mass is 275 g/mol. The molecule has 0 saturated heterocycles. The minimum absolute atomic E-state index is 0.0169. The summed E-state index contributed by atoms with van der Waals surface area (Å²) in [6, 6.07) is 5.98. The van der Waals surface area contributed by atoms with Gasteiger partial charge in [0.2, 0.25) is 0 Å². The van der Waals surface area contributed by atoms with Crippen molar-refractivity contribution in [3.8, 4) is 5.75 Å². The van der Waals surface area contributed by atoms with Gasteiger partial charge >= 0.3 is 0 Å². The van der Waals surface area contributed by atoms with Crippen LogP contribution in [0.2, 0.25) is 0 Å². The van der Waals surface area contributed by atoms with E-state index in [9.17, 15) is 4.79 Å². The van der Waals surface area contributed by atoms with E-state index in [0.717, 1.165) is 27.9 Å². The number of fused-ring (bicyclic) bond motifs is 1. The van der Waals surface area contributed by atoms with Crippen LogP contribution in [0.15, 0.2) is 46.4 Å². The smallest absolute Gasteiger partial charge is 0.180 e. The third-order valence-electron chi connectivity index (χ3n) is 2.85. The zero-order chi connectivity index (χ0) is 13.8. The van der Waals surface area contributed by atoms with Crippen LogP contribution < -0.4 is 9.64 Å². The second-order valence-electron chi connectivity index (χ2n) is 4.06. The molecule has 3 nitrogen and oxygen atoms in total. The van der Waals surface area contributed by atoms with E-state index in [1.807, 2.05) is 25.1 Å². The summed E-state index contributed by atoms with van der Waals surface area (Å²) in [4.78, 5) is 15.0. The van der Waals surface area contributed by atoms with E-state index in [2.05, 4.69) is 11.8 Å². The normalized spacial score (nSPS) is 16.2. The number of rotatable bonds is 4. The Morgan fingerprint density at radius 3 is 2.89 bits per heavy atom. The summed E-state index contributed by atoms with van der Waals surface area (Å²) in [7, 11) is 1.66. The third kappa shape index (κ3) is 2.84. The molecule has 0 amide bonds. The molecule has 19 heavy (non-hydrogen) atoms. The molecule has 0 atom stereocenters. The molecular formula is C15H17NO2S. The topological polar surface area (TPSA) is 29.5 Å². The molecular weight excluding hydrogens is 258 g/mol. The predicted octanol–water partition coefficient (Wildman–Crippen LogP) is 3.61. The van der Waals surface area contributed by atoms with E-state index >= 15 is 0 Å². The average molecular weight is 275 g/mol. The Labute approximate surface area is 117 Å². The van der Waals surface area contributed by atoms with Gasteiger partial charge in [-0.2, -0.15) is 0 Å². The average Bonchev–Trinajstić information content (AvgIpc) is 2.74. The molecule has 0 saturated carbocycles. The number of hydrogen-bond donors (Lipinski definition) is 0. The van der Waals surface area contributed by atoms with Gasteiger partial charge in [0.15, 0.2) is 5.78 Å². The quantitative estimate of drug-likeness (QED) is 0.785. The van der Waals surface area contributed by atoms with E-state index in [4.69, 9.17) is 4.74 Å². The molecule has 1 aromatic rings. The summed E-state index contributed by atoms with van der Waals surface area (Å²) >= 11 is 1.62. The molecule has 0 spiro atoms. The number of anilines is 1. The highest BCUT2D eigenvalue weighted by Crippen LogP contribution is 2.47. The Balaban J connectivity index is 2.35. The number of thioether (sulfide) groups is 1. The van der Waals surface area contributed by atoms with Crippen molar-refractivity contribution >= 4 is 23.2 Å². The van der Waals surface area contributed by atoms with Gasteiger partial charge in [-0.1, -0.05) is 17.8 Å². The Hall–Kier alpha value is -1.68. The minimum atomic E-state index is 0.0169. The SMILES string of the molecule is CC=CC(=O)C=C1Sc2ccc(OC)cc2N1CC. The fourth-order valence-corrected chi connectivity index (χ4v) is 3.12. The summed E-state index contributed by atoms with van der Waals surface area (Å²) in [5.74, 6) is 0.849. The molecule has 0 radical (unpaired) electrons. The van der Waals surface area contributed by atoms with Crippen LogP contribution in [-0.2, 0) is 4.79 Å². The maximum atomic E-state index is 11.7. The number of nitrogens with zero attached hydrogens (tertiary/aromatic N) is 1. The molecule has 0 unspecified atom stereocenters. The molecule has 0 aliphatic carbocycles. The Morgan fingerprint density at radius 1 is 1.47 bits per heavy atom. The Kier molecular flexibility index (Phi) is 4.32. The van der Waals surface area contributed by atoms with E-state index in [1.165, 1.54) is 0 Å². The molecule has 1 aliphatic rings. The summed E-state index contributed by atoms with van der Waals surface area (Å²) in [6.45, 7) is 4.74. The summed E-state index contributed by atoms with van der Waals surface area (Å²) in [5, 5.41) is 0.967. The highest BCUT2D eigenvalue weighted by atomic mass is 32.2. The highest BCUT2D eigenvalue weighted by Gasteiger charge is 2.24. The Morgan fingerprint density at radius 2 is 2.26 bits per heavy atom. The first-order valence-corrected chi connectivity index (χ1v) is 7.03. The van der Waals surface area contributed by atoms with Gasteiger partial charge in [-0.25, -0.2) is 0 Å². The molecule has 2 rings (SSSR count). The van der Waals surface area contributed by atoms with Crippen molar-refractivity contribution in [2.75, 3.05) is 18.6 Å². The Bertz CT molecular complexity index is 549.